The molecule has 1 aliphatic rings. The van der Waals surface area contributed by atoms with Gasteiger partial charge in [0.15, 0.2) is 5.84 Å². The molecule has 0 amide bonds. The number of hydrogen-bond acceptors (Lipinski definition) is 1. The maximum atomic E-state index is 4.73. The van der Waals surface area contributed by atoms with Gasteiger partial charge in [0.25, 0.3) is 0 Å². The molecule has 1 heterocycles. The normalized spacial score (nSPS) is 17.5. The SMILES string of the molecule is CC(C)N=C1N=C(C(C)(C)C)c2ccccc21. The van der Waals surface area contributed by atoms with Gasteiger partial charge in [0.05, 0.1) is 5.71 Å². The van der Waals surface area contributed by atoms with E-state index in [1.807, 2.05) is 0 Å². The molecule has 2 nitrogen and oxygen atoms in total. The summed E-state index contributed by atoms with van der Waals surface area (Å²) >= 11 is 0. The van der Waals surface area contributed by atoms with E-state index in [1.54, 1.807) is 0 Å². The first-order valence-corrected chi connectivity index (χ1v) is 6.16. The van der Waals surface area contributed by atoms with Crippen molar-refractivity contribution < 1.29 is 0 Å². The zero-order valence-corrected chi connectivity index (χ0v) is 11.3. The monoisotopic (exact) mass is 228 g/mol. The van der Waals surface area contributed by atoms with Crippen LogP contribution in [0.25, 0.3) is 0 Å². The highest BCUT2D eigenvalue weighted by Gasteiger charge is 2.29. The van der Waals surface area contributed by atoms with Gasteiger partial charge in [0.2, 0.25) is 0 Å². The lowest BCUT2D eigenvalue weighted by Gasteiger charge is -2.18. The molecule has 0 spiro atoms. The third-order valence-electron chi connectivity index (χ3n) is 2.73. The second-order valence-corrected chi connectivity index (χ2v) is 5.80. The molecule has 1 aromatic rings. The number of benzene rings is 1. The third-order valence-corrected chi connectivity index (χ3v) is 2.73. The largest absolute Gasteiger partial charge is 0.263 e. The average Bonchev–Trinajstić information content (AvgIpc) is 2.56. The van der Waals surface area contributed by atoms with Crippen LogP contribution < -0.4 is 0 Å². The van der Waals surface area contributed by atoms with E-state index in [2.05, 4.69) is 63.9 Å². The summed E-state index contributed by atoms with van der Waals surface area (Å²) in [6.07, 6.45) is 0. The number of rotatable bonds is 1. The average molecular weight is 228 g/mol. The standard InChI is InChI=1S/C15H20N2/c1-10(2)16-14-12-9-7-6-8-11(12)13(17-14)15(3,4)5/h6-10H,1-5H3. The van der Waals surface area contributed by atoms with Crippen molar-refractivity contribution in [2.24, 2.45) is 15.4 Å². The van der Waals surface area contributed by atoms with Crippen LogP contribution in [-0.2, 0) is 0 Å². The molecular weight excluding hydrogens is 208 g/mol. The van der Waals surface area contributed by atoms with Crippen LogP contribution in [0.15, 0.2) is 34.3 Å². The van der Waals surface area contributed by atoms with Crippen LogP contribution in [0, 0.1) is 5.41 Å². The lowest BCUT2D eigenvalue weighted by atomic mass is 9.85. The van der Waals surface area contributed by atoms with Crippen molar-refractivity contribution in [3.8, 4) is 0 Å². The zero-order valence-electron chi connectivity index (χ0n) is 11.3. The van der Waals surface area contributed by atoms with Gasteiger partial charge >= 0.3 is 0 Å². The Hall–Kier alpha value is -1.44. The van der Waals surface area contributed by atoms with E-state index in [0.29, 0.717) is 0 Å². The van der Waals surface area contributed by atoms with Gasteiger partial charge in [0, 0.05) is 22.6 Å². The Morgan fingerprint density at radius 1 is 1.06 bits per heavy atom. The highest BCUT2D eigenvalue weighted by atomic mass is 15.0. The van der Waals surface area contributed by atoms with Gasteiger partial charge in [0.1, 0.15) is 0 Å². The topological polar surface area (TPSA) is 24.7 Å². The van der Waals surface area contributed by atoms with Gasteiger partial charge in [-0.2, -0.15) is 0 Å². The van der Waals surface area contributed by atoms with E-state index in [0.717, 1.165) is 11.5 Å². The molecule has 1 aliphatic heterocycles. The summed E-state index contributed by atoms with van der Waals surface area (Å²) in [5.41, 5.74) is 3.61. The van der Waals surface area contributed by atoms with E-state index in [1.165, 1.54) is 11.1 Å². The van der Waals surface area contributed by atoms with E-state index in [9.17, 15) is 0 Å². The van der Waals surface area contributed by atoms with Gasteiger partial charge < -0.3 is 0 Å². The first kappa shape index (κ1) is 12.0. The summed E-state index contributed by atoms with van der Waals surface area (Å²) in [6, 6.07) is 8.65. The van der Waals surface area contributed by atoms with Crippen LogP contribution in [0.4, 0.5) is 0 Å². The molecule has 0 atom stereocenters. The van der Waals surface area contributed by atoms with Crippen molar-refractivity contribution in [1.82, 2.24) is 0 Å². The second-order valence-electron chi connectivity index (χ2n) is 5.80. The number of nitrogens with zero attached hydrogens (tertiary/aromatic N) is 2. The van der Waals surface area contributed by atoms with Gasteiger partial charge in [-0.15, -0.1) is 0 Å². The molecule has 0 N–H and O–H groups in total. The minimum Gasteiger partial charge on any atom is -0.263 e. The molecule has 1 aromatic carbocycles. The lowest BCUT2D eigenvalue weighted by Crippen LogP contribution is -2.19. The predicted molar refractivity (Wildman–Crippen MR) is 74.1 cm³/mol. The molecule has 0 fully saturated rings. The molecule has 0 saturated carbocycles. The first-order valence-electron chi connectivity index (χ1n) is 6.16. The summed E-state index contributed by atoms with van der Waals surface area (Å²) in [6.45, 7) is 10.8. The molecule has 2 rings (SSSR count). The Labute approximate surface area is 104 Å². The maximum Gasteiger partial charge on any atom is 0.155 e. The Kier molecular flexibility index (Phi) is 2.90. The van der Waals surface area contributed by atoms with Crippen molar-refractivity contribution in [3.63, 3.8) is 0 Å². The van der Waals surface area contributed by atoms with Crippen LogP contribution in [0.2, 0.25) is 0 Å². The van der Waals surface area contributed by atoms with Crippen LogP contribution in [0.3, 0.4) is 0 Å². The minimum absolute atomic E-state index is 0.0599. The van der Waals surface area contributed by atoms with Crippen LogP contribution >= 0.6 is 0 Å². The van der Waals surface area contributed by atoms with Crippen molar-refractivity contribution >= 4 is 11.5 Å². The molecule has 2 heteroatoms. The summed E-state index contributed by atoms with van der Waals surface area (Å²) in [4.78, 5) is 9.34. The Balaban J connectivity index is 2.58. The number of aliphatic imine (C=N–C) groups is 2. The molecule has 17 heavy (non-hydrogen) atoms. The van der Waals surface area contributed by atoms with Gasteiger partial charge in [-0.1, -0.05) is 45.0 Å². The highest BCUT2D eigenvalue weighted by molar-refractivity contribution is 6.24. The predicted octanol–water partition coefficient (Wildman–Crippen LogP) is 3.69. The number of hydrogen-bond donors (Lipinski definition) is 0. The molecule has 0 unspecified atom stereocenters. The fourth-order valence-corrected chi connectivity index (χ4v) is 2.03. The minimum atomic E-state index is 0.0599. The molecule has 0 aromatic heterocycles. The molecule has 0 saturated heterocycles. The van der Waals surface area contributed by atoms with Gasteiger partial charge in [-0.3, -0.25) is 4.99 Å². The van der Waals surface area contributed by atoms with Crippen molar-refractivity contribution in [2.75, 3.05) is 0 Å². The van der Waals surface area contributed by atoms with Gasteiger partial charge in [-0.25, -0.2) is 4.99 Å². The fraction of sp³-hybridized carbons (Fsp3) is 0.467. The Morgan fingerprint density at radius 2 is 1.65 bits per heavy atom. The summed E-state index contributed by atoms with van der Waals surface area (Å²) < 4.78 is 0. The fourth-order valence-electron chi connectivity index (χ4n) is 2.03. The summed E-state index contributed by atoms with van der Waals surface area (Å²) in [5.74, 6) is 0.889. The van der Waals surface area contributed by atoms with E-state index in [4.69, 9.17) is 4.99 Å². The maximum absolute atomic E-state index is 4.73. The molecule has 90 valence electrons. The van der Waals surface area contributed by atoms with Crippen LogP contribution in [-0.4, -0.2) is 17.6 Å². The smallest absolute Gasteiger partial charge is 0.155 e. The van der Waals surface area contributed by atoms with E-state index < -0.39 is 0 Å². The quantitative estimate of drug-likeness (QED) is 0.700. The Bertz CT molecular complexity index is 488. The Morgan fingerprint density at radius 3 is 2.18 bits per heavy atom. The van der Waals surface area contributed by atoms with Crippen molar-refractivity contribution in [2.45, 2.75) is 40.7 Å². The van der Waals surface area contributed by atoms with Gasteiger partial charge in [-0.05, 0) is 13.8 Å². The lowest BCUT2D eigenvalue weighted by molar-refractivity contribution is 0.594. The van der Waals surface area contributed by atoms with E-state index in [-0.39, 0.29) is 11.5 Å². The number of fused-ring (bicyclic) bond motifs is 1. The highest BCUT2D eigenvalue weighted by Crippen LogP contribution is 2.30. The summed E-state index contributed by atoms with van der Waals surface area (Å²) in [5, 5.41) is 0. The summed E-state index contributed by atoms with van der Waals surface area (Å²) in [7, 11) is 0. The second kappa shape index (κ2) is 4.10. The van der Waals surface area contributed by atoms with Crippen LogP contribution in [0.5, 0.6) is 0 Å². The first-order chi connectivity index (χ1) is 7.89. The molecule has 0 aliphatic carbocycles. The molecular formula is C15H20N2. The van der Waals surface area contributed by atoms with Crippen molar-refractivity contribution in [3.05, 3.63) is 35.4 Å². The van der Waals surface area contributed by atoms with E-state index >= 15 is 0 Å². The number of amidine groups is 1. The third kappa shape index (κ3) is 2.31. The zero-order chi connectivity index (χ0) is 12.6. The molecule has 0 bridgehead atoms. The van der Waals surface area contributed by atoms with Crippen molar-refractivity contribution in [1.29, 1.82) is 0 Å². The van der Waals surface area contributed by atoms with Crippen LogP contribution in [0.1, 0.15) is 45.7 Å². The molecule has 0 radical (unpaired) electrons.